The van der Waals surface area contributed by atoms with Crippen LogP contribution in [0.1, 0.15) is 18.3 Å². The second kappa shape index (κ2) is 5.43. The summed E-state index contributed by atoms with van der Waals surface area (Å²) in [6, 6.07) is 3.19. The van der Waals surface area contributed by atoms with Gasteiger partial charge in [0.2, 0.25) is 0 Å². The molecule has 0 atom stereocenters. The van der Waals surface area contributed by atoms with Crippen LogP contribution in [-0.2, 0) is 6.42 Å². The fourth-order valence-corrected chi connectivity index (χ4v) is 2.19. The zero-order chi connectivity index (χ0) is 14.2. The largest absolute Gasteiger partial charge is 0.310 e. The highest BCUT2D eigenvalue weighted by molar-refractivity contribution is 9.10. The van der Waals surface area contributed by atoms with E-state index in [-0.39, 0.29) is 16.1 Å². The Morgan fingerprint density at radius 1 is 1.47 bits per heavy atom. The second-order valence-corrected chi connectivity index (χ2v) is 5.29. The maximum absolute atomic E-state index is 14.2. The number of halogens is 3. The van der Waals surface area contributed by atoms with Gasteiger partial charge in [-0.3, -0.25) is 4.79 Å². The Bertz CT molecular complexity index is 700. The summed E-state index contributed by atoms with van der Waals surface area (Å²) in [7, 11) is 0. The molecule has 1 N–H and O–H groups in total. The number of benzene rings is 1. The molecule has 1 aromatic carbocycles. The first kappa shape index (κ1) is 14.2. The van der Waals surface area contributed by atoms with Crippen LogP contribution in [0.15, 0.2) is 21.4 Å². The molecule has 0 aliphatic rings. The monoisotopic (exact) mass is 344 g/mol. The van der Waals surface area contributed by atoms with E-state index < -0.39 is 5.82 Å². The van der Waals surface area contributed by atoms with E-state index in [1.165, 1.54) is 0 Å². The van der Waals surface area contributed by atoms with Crippen molar-refractivity contribution in [2.75, 3.05) is 0 Å². The molecule has 1 aromatic heterocycles. The van der Waals surface area contributed by atoms with Gasteiger partial charge in [0.1, 0.15) is 5.82 Å². The maximum atomic E-state index is 14.2. The Kier molecular flexibility index (Phi) is 4.06. The smallest absolute Gasteiger partial charge is 0.254 e. The van der Waals surface area contributed by atoms with Crippen molar-refractivity contribution in [3.8, 4) is 11.3 Å². The Balaban J connectivity index is 2.75. The summed E-state index contributed by atoms with van der Waals surface area (Å²) in [5.41, 5.74) is 0.661. The summed E-state index contributed by atoms with van der Waals surface area (Å²) in [4.78, 5) is 18.7. The van der Waals surface area contributed by atoms with Gasteiger partial charge in [-0.2, -0.15) is 0 Å². The van der Waals surface area contributed by atoms with Crippen molar-refractivity contribution in [1.82, 2.24) is 9.97 Å². The Morgan fingerprint density at radius 2 is 2.16 bits per heavy atom. The van der Waals surface area contributed by atoms with Crippen molar-refractivity contribution < 1.29 is 4.39 Å². The van der Waals surface area contributed by atoms with Crippen LogP contribution in [0.3, 0.4) is 0 Å². The van der Waals surface area contributed by atoms with E-state index in [1.807, 2.05) is 6.92 Å². The lowest BCUT2D eigenvalue weighted by molar-refractivity contribution is 0.630. The van der Waals surface area contributed by atoms with Gasteiger partial charge in [0.25, 0.3) is 5.56 Å². The molecule has 100 valence electrons. The van der Waals surface area contributed by atoms with Gasteiger partial charge in [0, 0.05) is 22.0 Å². The van der Waals surface area contributed by atoms with Gasteiger partial charge in [0.05, 0.1) is 10.7 Å². The molecular weight excluding hydrogens is 335 g/mol. The number of rotatable bonds is 2. The summed E-state index contributed by atoms with van der Waals surface area (Å²) in [5.74, 6) is -0.0664. The van der Waals surface area contributed by atoms with Crippen LogP contribution in [0.5, 0.6) is 0 Å². The Labute approximate surface area is 123 Å². The first-order valence-corrected chi connectivity index (χ1v) is 6.86. The third kappa shape index (κ3) is 2.58. The van der Waals surface area contributed by atoms with E-state index in [0.717, 1.165) is 0 Å². The average molecular weight is 346 g/mol. The lowest BCUT2D eigenvalue weighted by atomic mass is 10.1. The predicted molar refractivity (Wildman–Crippen MR) is 77.1 cm³/mol. The van der Waals surface area contributed by atoms with Gasteiger partial charge in [-0.25, -0.2) is 9.37 Å². The van der Waals surface area contributed by atoms with Crippen LogP contribution < -0.4 is 5.56 Å². The third-order valence-electron chi connectivity index (χ3n) is 2.83. The molecule has 0 saturated carbocycles. The zero-order valence-electron chi connectivity index (χ0n) is 10.4. The van der Waals surface area contributed by atoms with Crippen LogP contribution in [0.25, 0.3) is 11.3 Å². The van der Waals surface area contributed by atoms with Gasteiger partial charge in [0.15, 0.2) is 5.82 Å². The molecule has 0 bridgehead atoms. The Hall–Kier alpha value is -1.20. The highest BCUT2D eigenvalue weighted by Crippen LogP contribution is 2.32. The summed E-state index contributed by atoms with van der Waals surface area (Å²) in [6.07, 6.45) is 0.564. The molecular formula is C13H11BrClFN2O. The fraction of sp³-hybridized carbons (Fsp3) is 0.231. The predicted octanol–water partition coefficient (Wildman–Crippen LogP) is 3.86. The van der Waals surface area contributed by atoms with E-state index in [1.54, 1.807) is 19.1 Å². The lowest BCUT2D eigenvalue weighted by Crippen LogP contribution is -2.16. The summed E-state index contributed by atoms with van der Waals surface area (Å²) < 4.78 is 14.6. The summed E-state index contributed by atoms with van der Waals surface area (Å²) in [5, 5.41) is -0.0166. The molecule has 0 amide bonds. The molecule has 3 nitrogen and oxygen atoms in total. The Morgan fingerprint density at radius 3 is 2.79 bits per heavy atom. The van der Waals surface area contributed by atoms with E-state index >= 15 is 0 Å². The third-order valence-corrected chi connectivity index (χ3v) is 4.08. The molecule has 0 unspecified atom stereocenters. The van der Waals surface area contributed by atoms with Gasteiger partial charge in [-0.05, 0) is 35.0 Å². The van der Waals surface area contributed by atoms with Gasteiger partial charge in [-0.1, -0.05) is 18.5 Å². The fourth-order valence-electron chi connectivity index (χ4n) is 1.72. The number of aryl methyl sites for hydroxylation is 1. The van der Waals surface area contributed by atoms with Crippen molar-refractivity contribution in [3.63, 3.8) is 0 Å². The second-order valence-electron chi connectivity index (χ2n) is 4.06. The number of hydrogen-bond acceptors (Lipinski definition) is 2. The number of hydrogen-bond donors (Lipinski definition) is 1. The molecule has 19 heavy (non-hydrogen) atoms. The van der Waals surface area contributed by atoms with Crippen LogP contribution in [0.2, 0.25) is 5.02 Å². The SMILES string of the molecule is CCc1nc(-c2ccc(Br)c(Cl)c2F)c(C)c(=O)[nH]1. The number of aromatic amines is 1. The maximum Gasteiger partial charge on any atom is 0.254 e. The summed E-state index contributed by atoms with van der Waals surface area (Å²) >= 11 is 9.02. The van der Waals surface area contributed by atoms with Crippen LogP contribution >= 0.6 is 27.5 Å². The van der Waals surface area contributed by atoms with Crippen molar-refractivity contribution >= 4 is 27.5 Å². The van der Waals surface area contributed by atoms with Gasteiger partial charge >= 0.3 is 0 Å². The molecule has 6 heteroatoms. The molecule has 0 spiro atoms. The van der Waals surface area contributed by atoms with Crippen LogP contribution in [0, 0.1) is 12.7 Å². The molecule has 2 rings (SSSR count). The first-order chi connectivity index (χ1) is 8.95. The zero-order valence-corrected chi connectivity index (χ0v) is 12.7. The number of aromatic nitrogens is 2. The average Bonchev–Trinajstić information content (AvgIpc) is 2.40. The van der Waals surface area contributed by atoms with E-state index in [9.17, 15) is 9.18 Å². The molecule has 1 heterocycles. The quantitative estimate of drug-likeness (QED) is 0.840. The molecule has 0 aliphatic heterocycles. The normalized spacial score (nSPS) is 10.8. The minimum Gasteiger partial charge on any atom is -0.310 e. The first-order valence-electron chi connectivity index (χ1n) is 5.69. The molecule has 0 fully saturated rings. The van der Waals surface area contributed by atoms with E-state index in [0.29, 0.717) is 28.0 Å². The highest BCUT2D eigenvalue weighted by Gasteiger charge is 2.16. The van der Waals surface area contributed by atoms with Crippen LogP contribution in [-0.4, -0.2) is 9.97 Å². The molecule has 0 saturated heterocycles. The van der Waals surface area contributed by atoms with E-state index in [4.69, 9.17) is 11.6 Å². The number of H-pyrrole nitrogens is 1. The topological polar surface area (TPSA) is 45.8 Å². The van der Waals surface area contributed by atoms with Crippen molar-refractivity contribution in [1.29, 1.82) is 0 Å². The molecule has 2 aromatic rings. The lowest BCUT2D eigenvalue weighted by Gasteiger charge is -2.09. The number of nitrogens with zero attached hydrogens (tertiary/aromatic N) is 1. The van der Waals surface area contributed by atoms with Crippen molar-refractivity contribution in [3.05, 3.63) is 49.2 Å². The van der Waals surface area contributed by atoms with Crippen molar-refractivity contribution in [2.45, 2.75) is 20.3 Å². The van der Waals surface area contributed by atoms with Crippen LogP contribution in [0.4, 0.5) is 4.39 Å². The van der Waals surface area contributed by atoms with Gasteiger partial charge in [-0.15, -0.1) is 0 Å². The molecule has 0 radical (unpaired) electrons. The minimum atomic E-state index is -0.584. The molecule has 0 aliphatic carbocycles. The van der Waals surface area contributed by atoms with Gasteiger partial charge < -0.3 is 4.98 Å². The highest BCUT2D eigenvalue weighted by atomic mass is 79.9. The standard InChI is InChI=1S/C13H11BrClFN2O/c1-3-9-17-12(6(2)13(19)18-9)7-4-5-8(14)10(15)11(7)16/h4-5H,3H2,1-2H3,(H,17,18,19). The van der Waals surface area contributed by atoms with Crippen molar-refractivity contribution in [2.24, 2.45) is 0 Å². The van der Waals surface area contributed by atoms with E-state index in [2.05, 4.69) is 25.9 Å². The number of nitrogens with one attached hydrogen (secondary N) is 1. The summed E-state index contributed by atoms with van der Waals surface area (Å²) in [6.45, 7) is 3.47. The minimum absolute atomic E-state index is 0.0166.